The van der Waals surface area contributed by atoms with E-state index in [1.165, 1.54) is 16.7 Å². The Kier molecular flexibility index (Phi) is 4.88. The third kappa shape index (κ3) is 3.35. The Morgan fingerprint density at radius 2 is 1.96 bits per heavy atom. The molecule has 23 heavy (non-hydrogen) atoms. The second kappa shape index (κ2) is 7.06. The summed E-state index contributed by atoms with van der Waals surface area (Å²) in [5.41, 5.74) is 3.69. The lowest BCUT2D eigenvalue weighted by molar-refractivity contribution is 0.292. The second-order valence-corrected chi connectivity index (χ2v) is 6.36. The van der Waals surface area contributed by atoms with Crippen molar-refractivity contribution in [2.75, 3.05) is 18.5 Å². The van der Waals surface area contributed by atoms with Crippen LogP contribution < -0.4 is 5.32 Å². The molecule has 0 fully saturated rings. The molecule has 0 saturated heterocycles. The smallest absolute Gasteiger partial charge is 0.139 e. The zero-order chi connectivity index (χ0) is 16.2. The summed E-state index contributed by atoms with van der Waals surface area (Å²) in [5, 5.41) is 15.5. The number of thiophene rings is 1. The molecule has 0 radical (unpaired) electrons. The molecule has 0 bridgehead atoms. The van der Waals surface area contributed by atoms with Crippen LogP contribution in [-0.4, -0.2) is 28.2 Å². The molecule has 2 aromatic heterocycles. The number of aliphatic hydroxyl groups excluding tert-OH is 1. The SMILES string of the molecule is CCc1ccc(-c2csc3nc(C)nc(NCCCO)c23)cc1. The first-order valence-corrected chi connectivity index (χ1v) is 8.80. The first-order valence-electron chi connectivity index (χ1n) is 7.92. The molecule has 0 atom stereocenters. The van der Waals surface area contributed by atoms with Crippen LogP contribution in [0.3, 0.4) is 0 Å². The topological polar surface area (TPSA) is 58.0 Å². The minimum atomic E-state index is 0.176. The van der Waals surface area contributed by atoms with Crippen molar-refractivity contribution in [1.82, 2.24) is 9.97 Å². The molecule has 0 aliphatic heterocycles. The Morgan fingerprint density at radius 1 is 1.17 bits per heavy atom. The standard InChI is InChI=1S/C18H21N3OS/c1-3-13-5-7-14(8-6-13)15-11-23-18-16(15)17(19-9-4-10-22)20-12(2)21-18/h5-8,11,22H,3-4,9-10H2,1-2H3,(H,19,20,21). The third-order valence-electron chi connectivity index (χ3n) is 3.85. The van der Waals surface area contributed by atoms with Crippen LogP contribution in [0.25, 0.3) is 21.3 Å². The summed E-state index contributed by atoms with van der Waals surface area (Å²) in [6, 6.07) is 8.68. The summed E-state index contributed by atoms with van der Waals surface area (Å²) in [7, 11) is 0. The maximum absolute atomic E-state index is 8.98. The Bertz CT molecular complexity index is 796. The van der Waals surface area contributed by atoms with E-state index >= 15 is 0 Å². The number of aromatic nitrogens is 2. The molecule has 5 heteroatoms. The van der Waals surface area contributed by atoms with Crippen molar-refractivity contribution in [3.63, 3.8) is 0 Å². The van der Waals surface area contributed by atoms with Crippen LogP contribution in [0.15, 0.2) is 29.6 Å². The van der Waals surface area contributed by atoms with Gasteiger partial charge in [-0.05, 0) is 30.9 Å². The van der Waals surface area contributed by atoms with Gasteiger partial charge in [0.05, 0.1) is 5.39 Å². The summed E-state index contributed by atoms with van der Waals surface area (Å²) >= 11 is 1.65. The van der Waals surface area contributed by atoms with Crippen LogP contribution in [-0.2, 0) is 6.42 Å². The van der Waals surface area contributed by atoms with Crippen molar-refractivity contribution in [1.29, 1.82) is 0 Å². The molecule has 0 aliphatic carbocycles. The van der Waals surface area contributed by atoms with Gasteiger partial charge in [-0.25, -0.2) is 9.97 Å². The van der Waals surface area contributed by atoms with Crippen molar-refractivity contribution < 1.29 is 5.11 Å². The zero-order valence-electron chi connectivity index (χ0n) is 13.5. The molecule has 120 valence electrons. The van der Waals surface area contributed by atoms with Gasteiger partial charge in [0.1, 0.15) is 16.5 Å². The highest BCUT2D eigenvalue weighted by Crippen LogP contribution is 2.37. The highest BCUT2D eigenvalue weighted by molar-refractivity contribution is 7.17. The van der Waals surface area contributed by atoms with E-state index in [0.717, 1.165) is 28.3 Å². The maximum atomic E-state index is 8.98. The number of anilines is 1. The summed E-state index contributed by atoms with van der Waals surface area (Å²) in [4.78, 5) is 10.1. The Hall–Kier alpha value is -1.98. The number of fused-ring (bicyclic) bond motifs is 1. The molecule has 0 spiro atoms. The fourth-order valence-corrected chi connectivity index (χ4v) is 3.59. The summed E-state index contributed by atoms with van der Waals surface area (Å²) in [5.74, 6) is 1.62. The number of rotatable bonds is 6. The average molecular weight is 327 g/mol. The van der Waals surface area contributed by atoms with Crippen LogP contribution in [0.2, 0.25) is 0 Å². The van der Waals surface area contributed by atoms with Crippen LogP contribution >= 0.6 is 11.3 Å². The minimum absolute atomic E-state index is 0.176. The molecule has 4 nitrogen and oxygen atoms in total. The van der Waals surface area contributed by atoms with E-state index in [4.69, 9.17) is 5.11 Å². The van der Waals surface area contributed by atoms with Crippen molar-refractivity contribution >= 4 is 27.4 Å². The zero-order valence-corrected chi connectivity index (χ0v) is 14.3. The Labute approximate surface area is 140 Å². The number of nitrogens with one attached hydrogen (secondary N) is 1. The van der Waals surface area contributed by atoms with Gasteiger partial charge in [-0.3, -0.25) is 0 Å². The molecular formula is C18H21N3OS. The lowest BCUT2D eigenvalue weighted by Gasteiger charge is -2.09. The highest BCUT2D eigenvalue weighted by Gasteiger charge is 2.14. The highest BCUT2D eigenvalue weighted by atomic mass is 32.1. The molecule has 0 unspecified atom stereocenters. The predicted molar refractivity (Wildman–Crippen MR) is 97.2 cm³/mol. The fraction of sp³-hybridized carbons (Fsp3) is 0.333. The second-order valence-electron chi connectivity index (χ2n) is 5.50. The summed E-state index contributed by atoms with van der Waals surface area (Å²) in [6.45, 7) is 4.95. The monoisotopic (exact) mass is 327 g/mol. The van der Waals surface area contributed by atoms with Crippen molar-refractivity contribution in [3.05, 3.63) is 41.0 Å². The molecule has 0 saturated carbocycles. The lowest BCUT2D eigenvalue weighted by atomic mass is 10.0. The van der Waals surface area contributed by atoms with Gasteiger partial charge in [-0.1, -0.05) is 31.2 Å². The fourth-order valence-electron chi connectivity index (χ4n) is 2.59. The van der Waals surface area contributed by atoms with Gasteiger partial charge in [-0.15, -0.1) is 11.3 Å². The van der Waals surface area contributed by atoms with Gasteiger partial charge >= 0.3 is 0 Å². The van der Waals surface area contributed by atoms with Crippen LogP contribution in [0.5, 0.6) is 0 Å². The number of nitrogens with zero attached hydrogens (tertiary/aromatic N) is 2. The molecule has 1 aromatic carbocycles. The van der Waals surface area contributed by atoms with E-state index in [0.29, 0.717) is 13.0 Å². The molecule has 0 aliphatic rings. The minimum Gasteiger partial charge on any atom is -0.396 e. The Morgan fingerprint density at radius 3 is 2.65 bits per heavy atom. The van der Waals surface area contributed by atoms with Gasteiger partial charge in [-0.2, -0.15) is 0 Å². The number of aliphatic hydroxyl groups is 1. The van der Waals surface area contributed by atoms with Crippen molar-refractivity contribution in [2.45, 2.75) is 26.7 Å². The van der Waals surface area contributed by atoms with Crippen LogP contribution in [0.1, 0.15) is 24.7 Å². The average Bonchev–Trinajstić information content (AvgIpc) is 2.99. The van der Waals surface area contributed by atoms with Crippen molar-refractivity contribution in [2.24, 2.45) is 0 Å². The van der Waals surface area contributed by atoms with Gasteiger partial charge in [0.15, 0.2) is 0 Å². The quantitative estimate of drug-likeness (QED) is 0.671. The maximum Gasteiger partial charge on any atom is 0.139 e. The van der Waals surface area contributed by atoms with Gasteiger partial charge in [0.25, 0.3) is 0 Å². The van der Waals surface area contributed by atoms with Gasteiger partial charge < -0.3 is 10.4 Å². The lowest BCUT2D eigenvalue weighted by Crippen LogP contribution is -2.06. The number of hydrogen-bond donors (Lipinski definition) is 2. The molecule has 3 rings (SSSR count). The molecule has 3 aromatic rings. The van der Waals surface area contributed by atoms with Crippen molar-refractivity contribution in [3.8, 4) is 11.1 Å². The third-order valence-corrected chi connectivity index (χ3v) is 4.72. The number of benzene rings is 1. The first kappa shape index (κ1) is 15.9. The normalized spacial score (nSPS) is 11.1. The molecular weight excluding hydrogens is 306 g/mol. The number of aryl methyl sites for hydroxylation is 2. The van der Waals surface area contributed by atoms with E-state index in [9.17, 15) is 0 Å². The van der Waals surface area contributed by atoms with Gasteiger partial charge in [0, 0.05) is 24.1 Å². The molecule has 0 amide bonds. The van der Waals surface area contributed by atoms with E-state index in [1.54, 1.807) is 11.3 Å². The van der Waals surface area contributed by atoms with Gasteiger partial charge in [0.2, 0.25) is 0 Å². The predicted octanol–water partition coefficient (Wildman–Crippen LogP) is 4.02. The molecule has 2 N–H and O–H groups in total. The molecule has 2 heterocycles. The van der Waals surface area contributed by atoms with Crippen LogP contribution in [0.4, 0.5) is 5.82 Å². The van der Waals surface area contributed by atoms with E-state index in [1.807, 2.05) is 6.92 Å². The largest absolute Gasteiger partial charge is 0.396 e. The van der Waals surface area contributed by atoms with E-state index in [2.05, 4.69) is 51.9 Å². The first-order chi connectivity index (χ1) is 11.2. The van der Waals surface area contributed by atoms with E-state index in [-0.39, 0.29) is 6.61 Å². The summed E-state index contributed by atoms with van der Waals surface area (Å²) in [6.07, 6.45) is 1.75. The number of hydrogen-bond acceptors (Lipinski definition) is 5. The summed E-state index contributed by atoms with van der Waals surface area (Å²) < 4.78 is 0. The van der Waals surface area contributed by atoms with E-state index < -0.39 is 0 Å². The Balaban J connectivity index is 2.06. The van der Waals surface area contributed by atoms with Crippen LogP contribution in [0, 0.1) is 6.92 Å².